The lowest BCUT2D eigenvalue weighted by atomic mass is 10.2. The monoisotopic (exact) mass is 297 g/mol. The third-order valence-corrected chi connectivity index (χ3v) is 2.96. The van der Waals surface area contributed by atoms with Crippen LogP contribution in [0.25, 0.3) is 6.08 Å². The summed E-state index contributed by atoms with van der Waals surface area (Å²) in [6.45, 7) is 0.171. The summed E-state index contributed by atoms with van der Waals surface area (Å²) < 4.78 is 5.11. The summed E-state index contributed by atoms with van der Waals surface area (Å²) in [5.74, 6) is -0.431. The van der Waals surface area contributed by atoms with Crippen molar-refractivity contribution in [3.8, 4) is 6.07 Å². The number of hydrogen-bond acceptors (Lipinski definition) is 3. The molecule has 0 unspecified atom stereocenters. The highest BCUT2D eigenvalue weighted by Crippen LogP contribution is 2.12. The summed E-state index contributed by atoms with van der Waals surface area (Å²) in [5, 5.41) is 9.30. The second-order valence-corrected chi connectivity index (χ2v) is 4.74. The van der Waals surface area contributed by atoms with E-state index in [1.54, 1.807) is 42.5 Å². The molecule has 3 nitrogen and oxygen atoms in total. The van der Waals surface area contributed by atoms with E-state index in [1.807, 2.05) is 18.2 Å². The molecule has 0 heterocycles. The van der Waals surface area contributed by atoms with Gasteiger partial charge in [-0.15, -0.1) is 0 Å². The van der Waals surface area contributed by atoms with Crippen LogP contribution in [0, 0.1) is 11.3 Å². The first kappa shape index (κ1) is 14.8. The van der Waals surface area contributed by atoms with Crippen molar-refractivity contribution >= 4 is 23.6 Å². The molecule has 0 aliphatic carbocycles. The lowest BCUT2D eigenvalue weighted by molar-refractivity contribution is -0.138. The molecule has 2 rings (SSSR count). The fourth-order valence-corrected chi connectivity index (χ4v) is 1.85. The molecule has 0 aliphatic rings. The Bertz CT molecular complexity index is 699. The minimum absolute atomic E-state index is 0.171. The summed E-state index contributed by atoms with van der Waals surface area (Å²) in [4.78, 5) is 11.6. The van der Waals surface area contributed by atoms with Crippen molar-refractivity contribution in [3.05, 3.63) is 76.3 Å². The number of carbonyl (C=O) groups is 1. The molecule has 0 amide bonds. The van der Waals surface area contributed by atoms with Crippen LogP contribution in [-0.4, -0.2) is 5.97 Å². The molecule has 0 aliphatic heterocycles. The van der Waals surface area contributed by atoms with Gasteiger partial charge in [0, 0.05) is 11.1 Å². The lowest BCUT2D eigenvalue weighted by Gasteiger charge is -2.02. The molecule has 0 fully saturated rings. The van der Waals surface area contributed by atoms with Crippen molar-refractivity contribution in [1.29, 1.82) is 5.26 Å². The Hall–Kier alpha value is -2.57. The number of nitriles is 1. The average Bonchev–Trinajstić information content (AvgIpc) is 2.51. The van der Waals surface area contributed by atoms with Gasteiger partial charge in [0.25, 0.3) is 0 Å². The maximum atomic E-state index is 11.6. The molecule has 0 saturated heterocycles. The van der Waals surface area contributed by atoms with E-state index in [4.69, 9.17) is 21.6 Å². The maximum absolute atomic E-state index is 11.6. The molecule has 21 heavy (non-hydrogen) atoms. The number of rotatable bonds is 4. The molecule has 0 radical (unpaired) electrons. The van der Waals surface area contributed by atoms with Gasteiger partial charge in [-0.1, -0.05) is 35.9 Å². The highest BCUT2D eigenvalue weighted by molar-refractivity contribution is 6.30. The largest absolute Gasteiger partial charge is 0.458 e. The highest BCUT2D eigenvalue weighted by Gasteiger charge is 1.99. The van der Waals surface area contributed by atoms with E-state index in [0.29, 0.717) is 10.6 Å². The molecular formula is C17H12ClNO2. The normalized spacial score (nSPS) is 10.3. The van der Waals surface area contributed by atoms with Crippen LogP contribution in [0.15, 0.2) is 54.6 Å². The molecular weight excluding hydrogens is 286 g/mol. The van der Waals surface area contributed by atoms with Crippen molar-refractivity contribution in [2.75, 3.05) is 0 Å². The van der Waals surface area contributed by atoms with Crippen molar-refractivity contribution in [1.82, 2.24) is 0 Å². The van der Waals surface area contributed by atoms with Crippen LogP contribution >= 0.6 is 11.6 Å². The summed E-state index contributed by atoms with van der Waals surface area (Å²) in [6, 6.07) is 16.1. The summed E-state index contributed by atoms with van der Waals surface area (Å²) in [5.41, 5.74) is 2.24. The van der Waals surface area contributed by atoms with Gasteiger partial charge in [0.1, 0.15) is 6.61 Å². The van der Waals surface area contributed by atoms with Crippen LogP contribution in [0.4, 0.5) is 0 Å². The number of benzene rings is 2. The molecule has 0 atom stereocenters. The fourth-order valence-electron chi connectivity index (χ4n) is 1.65. The Labute approximate surface area is 128 Å². The van der Waals surface area contributed by atoms with Gasteiger partial charge in [0.05, 0.1) is 11.6 Å². The predicted molar refractivity (Wildman–Crippen MR) is 81.4 cm³/mol. The Morgan fingerprint density at radius 3 is 2.67 bits per heavy atom. The number of nitrogens with zero attached hydrogens (tertiary/aromatic N) is 1. The molecule has 0 aromatic heterocycles. The molecule has 4 heteroatoms. The van der Waals surface area contributed by atoms with Crippen molar-refractivity contribution in [2.45, 2.75) is 6.61 Å². The molecule has 2 aromatic carbocycles. The Kier molecular flexibility index (Phi) is 5.14. The zero-order chi connectivity index (χ0) is 15.1. The molecule has 104 valence electrons. The van der Waals surface area contributed by atoms with Gasteiger partial charge in [-0.25, -0.2) is 4.79 Å². The van der Waals surface area contributed by atoms with Gasteiger partial charge in [0.15, 0.2) is 0 Å². The standard InChI is InChI=1S/C17H12ClNO2/c18-16-3-1-2-13(10-16)8-9-17(20)21-12-15-6-4-14(11-19)5-7-15/h1-10H,12H2/b9-8+. The molecule has 0 bridgehead atoms. The minimum atomic E-state index is -0.431. The molecule has 2 aromatic rings. The summed E-state index contributed by atoms with van der Waals surface area (Å²) in [6.07, 6.45) is 3.00. The lowest BCUT2D eigenvalue weighted by Crippen LogP contribution is -2.00. The number of ether oxygens (including phenoxy) is 1. The van der Waals surface area contributed by atoms with E-state index in [0.717, 1.165) is 11.1 Å². The average molecular weight is 298 g/mol. The Morgan fingerprint density at radius 1 is 1.24 bits per heavy atom. The Morgan fingerprint density at radius 2 is 2.00 bits per heavy atom. The SMILES string of the molecule is N#Cc1ccc(COC(=O)/C=C/c2cccc(Cl)c2)cc1. The van der Waals surface area contributed by atoms with Crippen LogP contribution in [0.1, 0.15) is 16.7 Å². The van der Waals surface area contributed by atoms with E-state index in [-0.39, 0.29) is 6.61 Å². The molecule has 0 spiro atoms. The maximum Gasteiger partial charge on any atom is 0.331 e. The fraction of sp³-hybridized carbons (Fsp3) is 0.0588. The second-order valence-electron chi connectivity index (χ2n) is 4.30. The van der Waals surface area contributed by atoms with Crippen LogP contribution < -0.4 is 0 Å². The minimum Gasteiger partial charge on any atom is -0.458 e. The van der Waals surface area contributed by atoms with E-state index < -0.39 is 5.97 Å². The summed E-state index contributed by atoms with van der Waals surface area (Å²) in [7, 11) is 0. The highest BCUT2D eigenvalue weighted by atomic mass is 35.5. The first-order valence-electron chi connectivity index (χ1n) is 6.27. The van der Waals surface area contributed by atoms with Gasteiger partial charge in [-0.05, 0) is 41.5 Å². The van der Waals surface area contributed by atoms with E-state index >= 15 is 0 Å². The first-order valence-corrected chi connectivity index (χ1v) is 6.64. The van der Waals surface area contributed by atoms with Crippen LogP contribution in [-0.2, 0) is 16.1 Å². The molecule has 0 saturated carbocycles. The van der Waals surface area contributed by atoms with E-state index in [1.165, 1.54) is 6.08 Å². The first-order chi connectivity index (χ1) is 10.2. The van der Waals surface area contributed by atoms with Gasteiger partial charge in [-0.2, -0.15) is 5.26 Å². The zero-order valence-electron chi connectivity index (χ0n) is 11.1. The van der Waals surface area contributed by atoms with Gasteiger partial charge >= 0.3 is 5.97 Å². The zero-order valence-corrected chi connectivity index (χ0v) is 11.9. The number of carbonyl (C=O) groups excluding carboxylic acids is 1. The van der Waals surface area contributed by atoms with E-state index in [9.17, 15) is 4.79 Å². The number of hydrogen-bond donors (Lipinski definition) is 0. The third kappa shape index (κ3) is 4.79. The van der Waals surface area contributed by atoms with Crippen molar-refractivity contribution in [3.63, 3.8) is 0 Å². The predicted octanol–water partition coefficient (Wildman–Crippen LogP) is 3.97. The smallest absolute Gasteiger partial charge is 0.331 e. The van der Waals surface area contributed by atoms with Gasteiger partial charge in [0.2, 0.25) is 0 Å². The van der Waals surface area contributed by atoms with Crippen LogP contribution in [0.2, 0.25) is 5.02 Å². The van der Waals surface area contributed by atoms with Crippen molar-refractivity contribution in [2.24, 2.45) is 0 Å². The van der Waals surface area contributed by atoms with E-state index in [2.05, 4.69) is 0 Å². The number of halogens is 1. The summed E-state index contributed by atoms with van der Waals surface area (Å²) >= 11 is 5.85. The Balaban J connectivity index is 1.88. The third-order valence-electron chi connectivity index (χ3n) is 2.72. The second kappa shape index (κ2) is 7.28. The quantitative estimate of drug-likeness (QED) is 0.634. The number of esters is 1. The molecule has 0 N–H and O–H groups in total. The van der Waals surface area contributed by atoms with Crippen molar-refractivity contribution < 1.29 is 9.53 Å². The van der Waals surface area contributed by atoms with Gasteiger partial charge < -0.3 is 4.74 Å². The van der Waals surface area contributed by atoms with Crippen LogP contribution in [0.3, 0.4) is 0 Å². The van der Waals surface area contributed by atoms with Gasteiger partial charge in [-0.3, -0.25) is 0 Å². The topological polar surface area (TPSA) is 50.1 Å². The van der Waals surface area contributed by atoms with Crippen LogP contribution in [0.5, 0.6) is 0 Å².